The molecule has 1 saturated carbocycles. The molecular formula is C24H25BrN2O3S. The molecule has 2 aromatic rings. The van der Waals surface area contributed by atoms with Crippen molar-refractivity contribution in [3.05, 3.63) is 57.4 Å². The maximum Gasteiger partial charge on any atom is 0.267 e. The average Bonchev–Trinajstić information content (AvgIpc) is 3.06. The normalized spacial score (nSPS) is 24.2. The second-order valence-corrected chi connectivity index (χ2v) is 9.82. The number of amides is 1. The number of ether oxygens (including phenoxy) is 1. The van der Waals surface area contributed by atoms with Gasteiger partial charge < -0.3 is 9.84 Å². The number of nitrogens with zero attached hydrogens (tertiary/aromatic N) is 2. The molecule has 2 fully saturated rings. The number of halogens is 1. The van der Waals surface area contributed by atoms with Gasteiger partial charge in [0.25, 0.3) is 5.91 Å². The minimum Gasteiger partial charge on any atom is -0.504 e. The number of carbonyl (C=O) groups excluding carboxylic acids is 1. The van der Waals surface area contributed by atoms with E-state index in [1.165, 1.54) is 25.3 Å². The van der Waals surface area contributed by atoms with E-state index < -0.39 is 0 Å². The number of carbonyl (C=O) groups is 1. The summed E-state index contributed by atoms with van der Waals surface area (Å²) in [7, 11) is 1.50. The Kier molecular flexibility index (Phi) is 6.72. The molecule has 162 valence electrons. The second kappa shape index (κ2) is 9.49. The molecule has 1 saturated heterocycles. The Morgan fingerprint density at radius 1 is 1.23 bits per heavy atom. The lowest BCUT2D eigenvalue weighted by Gasteiger charge is -2.35. The highest BCUT2D eigenvalue weighted by atomic mass is 79.9. The Hall–Kier alpha value is -2.25. The van der Waals surface area contributed by atoms with E-state index in [-0.39, 0.29) is 17.7 Å². The van der Waals surface area contributed by atoms with E-state index in [9.17, 15) is 9.90 Å². The molecule has 0 bridgehead atoms. The van der Waals surface area contributed by atoms with E-state index in [0.29, 0.717) is 27.3 Å². The zero-order valence-electron chi connectivity index (χ0n) is 17.5. The molecule has 0 unspecified atom stereocenters. The van der Waals surface area contributed by atoms with E-state index in [1.54, 1.807) is 18.2 Å². The van der Waals surface area contributed by atoms with E-state index >= 15 is 0 Å². The van der Waals surface area contributed by atoms with Gasteiger partial charge in [0, 0.05) is 16.1 Å². The predicted octanol–water partition coefficient (Wildman–Crippen LogP) is 6.35. The monoisotopic (exact) mass is 500 g/mol. The van der Waals surface area contributed by atoms with Gasteiger partial charge in [-0.25, -0.2) is 4.99 Å². The summed E-state index contributed by atoms with van der Waals surface area (Å²) in [6.07, 6.45) is 6.13. The summed E-state index contributed by atoms with van der Waals surface area (Å²) in [5, 5.41) is 11.3. The summed E-state index contributed by atoms with van der Waals surface area (Å²) >= 11 is 4.81. The summed E-state index contributed by atoms with van der Waals surface area (Å²) in [6.45, 7) is 2.22. The minimum atomic E-state index is -0.0585. The van der Waals surface area contributed by atoms with Crippen LogP contribution in [0.3, 0.4) is 0 Å². The Balaban J connectivity index is 1.76. The third-order valence-electron chi connectivity index (χ3n) is 5.79. The number of phenolic OH excluding ortho intramolecular Hbond substituents is 1. The highest BCUT2D eigenvalue weighted by Crippen LogP contribution is 2.42. The van der Waals surface area contributed by atoms with Crippen LogP contribution in [0.2, 0.25) is 0 Å². The van der Waals surface area contributed by atoms with Crippen molar-refractivity contribution >= 4 is 50.5 Å². The van der Waals surface area contributed by atoms with Crippen molar-refractivity contribution in [2.24, 2.45) is 10.9 Å². The zero-order chi connectivity index (χ0) is 22.0. The SMILES string of the molecule is COc1cc(Br)cc(/C=C2\SC(=Nc3ccccc3)N([C@@H]3CCCC[C@H]3C)C2=O)c1O. The van der Waals surface area contributed by atoms with Crippen molar-refractivity contribution < 1.29 is 14.6 Å². The van der Waals surface area contributed by atoms with Crippen LogP contribution < -0.4 is 4.74 Å². The largest absolute Gasteiger partial charge is 0.504 e. The lowest BCUT2D eigenvalue weighted by Crippen LogP contribution is -2.44. The molecular weight excluding hydrogens is 476 g/mol. The highest BCUT2D eigenvalue weighted by molar-refractivity contribution is 9.10. The fourth-order valence-corrected chi connectivity index (χ4v) is 5.64. The van der Waals surface area contributed by atoms with Gasteiger partial charge in [0.1, 0.15) is 0 Å². The molecule has 1 N–H and O–H groups in total. The molecule has 4 rings (SSSR count). The summed E-state index contributed by atoms with van der Waals surface area (Å²) in [4.78, 5) is 20.8. The van der Waals surface area contributed by atoms with Crippen molar-refractivity contribution in [1.29, 1.82) is 0 Å². The first-order chi connectivity index (χ1) is 15.0. The third-order valence-corrected chi connectivity index (χ3v) is 7.23. The van der Waals surface area contributed by atoms with Gasteiger partial charge in [-0.15, -0.1) is 0 Å². The van der Waals surface area contributed by atoms with Crippen molar-refractivity contribution in [2.75, 3.05) is 7.11 Å². The second-order valence-electron chi connectivity index (χ2n) is 7.89. The number of phenols is 1. The van der Waals surface area contributed by atoms with Gasteiger partial charge in [-0.2, -0.15) is 0 Å². The number of hydrogen-bond donors (Lipinski definition) is 1. The Labute approximate surface area is 195 Å². The lowest BCUT2D eigenvalue weighted by atomic mass is 9.85. The number of benzene rings is 2. The fourth-order valence-electron chi connectivity index (χ4n) is 4.15. The molecule has 5 nitrogen and oxygen atoms in total. The maximum absolute atomic E-state index is 13.5. The molecule has 31 heavy (non-hydrogen) atoms. The number of thioether (sulfide) groups is 1. The van der Waals surface area contributed by atoms with Gasteiger partial charge in [0.15, 0.2) is 16.7 Å². The van der Waals surface area contributed by atoms with Crippen LogP contribution in [0.25, 0.3) is 6.08 Å². The molecule has 1 aliphatic heterocycles. The number of methoxy groups -OCH3 is 1. The lowest BCUT2D eigenvalue weighted by molar-refractivity contribution is -0.124. The Morgan fingerprint density at radius 2 is 1.97 bits per heavy atom. The molecule has 1 heterocycles. The third kappa shape index (κ3) is 4.67. The molecule has 7 heteroatoms. The van der Waals surface area contributed by atoms with E-state index in [0.717, 1.165) is 29.4 Å². The molecule has 2 atom stereocenters. The van der Waals surface area contributed by atoms with Crippen LogP contribution in [-0.2, 0) is 4.79 Å². The van der Waals surface area contributed by atoms with E-state index in [1.807, 2.05) is 35.2 Å². The van der Waals surface area contributed by atoms with Crippen molar-refractivity contribution in [1.82, 2.24) is 4.90 Å². The number of aromatic hydroxyl groups is 1. The first kappa shape index (κ1) is 22.0. The van der Waals surface area contributed by atoms with Crippen LogP contribution in [0.5, 0.6) is 11.5 Å². The van der Waals surface area contributed by atoms with Crippen molar-refractivity contribution in [2.45, 2.75) is 38.6 Å². The fraction of sp³-hybridized carbons (Fsp3) is 0.333. The molecule has 0 spiro atoms. The van der Waals surface area contributed by atoms with E-state index in [2.05, 4.69) is 22.9 Å². The number of aliphatic imine (C=N–C) groups is 1. The van der Waals surface area contributed by atoms with Crippen LogP contribution in [-0.4, -0.2) is 34.2 Å². The van der Waals surface area contributed by atoms with Gasteiger partial charge in [-0.3, -0.25) is 9.69 Å². The first-order valence-electron chi connectivity index (χ1n) is 10.4. The van der Waals surface area contributed by atoms with Crippen molar-refractivity contribution in [3.63, 3.8) is 0 Å². The smallest absolute Gasteiger partial charge is 0.267 e. The number of rotatable bonds is 4. The quantitative estimate of drug-likeness (QED) is 0.497. The Morgan fingerprint density at radius 3 is 2.68 bits per heavy atom. The van der Waals surface area contributed by atoms with Crippen LogP contribution in [0.15, 0.2) is 56.8 Å². The molecule has 0 aromatic heterocycles. The number of para-hydroxylation sites is 1. The van der Waals surface area contributed by atoms with E-state index in [4.69, 9.17) is 9.73 Å². The standard InChI is InChI=1S/C24H25BrN2O3S/c1-15-8-6-7-11-19(15)27-23(29)21(31-24(27)26-18-9-4-3-5-10-18)13-16-12-17(25)14-20(30-2)22(16)28/h3-5,9-10,12-15,19,28H,6-8,11H2,1-2H3/b21-13-,26-24?/t15-,19-/m1/s1. The topological polar surface area (TPSA) is 62.1 Å². The van der Waals surface area contributed by atoms with Gasteiger partial charge in [0.2, 0.25) is 0 Å². The van der Waals surface area contributed by atoms with Crippen molar-refractivity contribution in [3.8, 4) is 11.5 Å². The first-order valence-corrected chi connectivity index (χ1v) is 12.0. The van der Waals surface area contributed by atoms with Crippen LogP contribution in [0.1, 0.15) is 38.2 Å². The minimum absolute atomic E-state index is 0.0117. The molecule has 1 aliphatic carbocycles. The maximum atomic E-state index is 13.5. The van der Waals surface area contributed by atoms with Gasteiger partial charge >= 0.3 is 0 Å². The zero-order valence-corrected chi connectivity index (χ0v) is 19.9. The summed E-state index contributed by atoms with van der Waals surface area (Å²) in [5.74, 6) is 0.722. The Bertz CT molecular complexity index is 1040. The number of amidine groups is 1. The molecule has 1 amide bonds. The van der Waals surface area contributed by atoms with Crippen LogP contribution in [0, 0.1) is 5.92 Å². The average molecular weight is 501 g/mol. The highest BCUT2D eigenvalue weighted by Gasteiger charge is 2.41. The van der Waals surface area contributed by atoms with Crippen LogP contribution in [0.4, 0.5) is 5.69 Å². The molecule has 0 radical (unpaired) electrons. The summed E-state index contributed by atoms with van der Waals surface area (Å²) in [5.41, 5.74) is 1.35. The number of hydrogen-bond acceptors (Lipinski definition) is 5. The van der Waals surface area contributed by atoms with Gasteiger partial charge in [0.05, 0.1) is 17.7 Å². The molecule has 2 aliphatic rings. The molecule has 2 aromatic carbocycles. The van der Waals surface area contributed by atoms with Crippen LogP contribution >= 0.6 is 27.7 Å². The summed E-state index contributed by atoms with van der Waals surface area (Å²) < 4.78 is 6.02. The summed E-state index contributed by atoms with van der Waals surface area (Å²) in [6, 6.07) is 13.3. The van der Waals surface area contributed by atoms with Gasteiger partial charge in [-0.1, -0.05) is 53.9 Å². The van der Waals surface area contributed by atoms with Gasteiger partial charge in [-0.05, 0) is 60.9 Å². The predicted molar refractivity (Wildman–Crippen MR) is 130 cm³/mol.